The summed E-state index contributed by atoms with van der Waals surface area (Å²) in [6.45, 7) is -0.464. The van der Waals surface area contributed by atoms with Crippen molar-refractivity contribution in [1.29, 1.82) is 0 Å². The number of carbonyl (C=O) groups excluding carboxylic acids is 1. The molecule has 0 unspecified atom stereocenters. The van der Waals surface area contributed by atoms with Crippen molar-refractivity contribution < 1.29 is 22.4 Å². The fourth-order valence-corrected chi connectivity index (χ4v) is 1.99. The molecular weight excluding hydrogens is 286 g/mol. The van der Waals surface area contributed by atoms with Crippen LogP contribution in [0.3, 0.4) is 0 Å². The number of nitrogens with zero attached hydrogens (tertiary/aromatic N) is 1. The van der Waals surface area contributed by atoms with Crippen LogP contribution in [0, 0.1) is 5.82 Å². The maximum absolute atomic E-state index is 13.6. The van der Waals surface area contributed by atoms with Crippen molar-refractivity contribution in [3.8, 4) is 0 Å². The van der Waals surface area contributed by atoms with E-state index in [0.717, 1.165) is 6.07 Å². The van der Waals surface area contributed by atoms with E-state index in [-0.39, 0.29) is 10.6 Å². The average molecular weight is 296 g/mol. The quantitative estimate of drug-likeness (QED) is 0.781. The van der Waals surface area contributed by atoms with Gasteiger partial charge in [-0.05, 0) is 25.0 Å². The molecule has 1 amide bonds. The summed E-state index contributed by atoms with van der Waals surface area (Å²) in [4.78, 5) is 12.0. The molecule has 0 N–H and O–H groups in total. The zero-order valence-corrected chi connectivity index (χ0v) is 10.4. The molecule has 1 aliphatic rings. The minimum absolute atomic E-state index is 0.0145. The van der Waals surface area contributed by atoms with Gasteiger partial charge in [0.25, 0.3) is 0 Å². The lowest BCUT2D eigenvalue weighted by Crippen LogP contribution is -2.42. The van der Waals surface area contributed by atoms with E-state index in [1.807, 2.05) is 0 Å². The lowest BCUT2D eigenvalue weighted by Gasteiger charge is -2.24. The third-order valence-electron chi connectivity index (χ3n) is 2.88. The van der Waals surface area contributed by atoms with Crippen LogP contribution >= 0.6 is 11.6 Å². The third-order valence-corrected chi connectivity index (χ3v) is 3.24. The van der Waals surface area contributed by atoms with Crippen LogP contribution in [0.2, 0.25) is 5.02 Å². The number of rotatable bonds is 3. The van der Waals surface area contributed by atoms with E-state index < -0.39 is 30.5 Å². The second-order valence-corrected chi connectivity index (χ2v) is 4.77. The Morgan fingerprint density at radius 2 is 2.00 bits per heavy atom. The third kappa shape index (κ3) is 3.18. The van der Waals surface area contributed by atoms with Gasteiger partial charge in [-0.2, -0.15) is 13.2 Å². The lowest BCUT2D eigenvalue weighted by atomic mass is 10.2. The summed E-state index contributed by atoms with van der Waals surface area (Å²) >= 11 is 5.76. The van der Waals surface area contributed by atoms with E-state index in [0.29, 0.717) is 17.7 Å². The van der Waals surface area contributed by atoms with Gasteiger partial charge in [0.05, 0.1) is 6.54 Å². The summed E-state index contributed by atoms with van der Waals surface area (Å²) in [5.41, 5.74) is -0.0892. The monoisotopic (exact) mass is 295 g/mol. The van der Waals surface area contributed by atoms with Crippen LogP contribution in [0.1, 0.15) is 18.4 Å². The smallest absolute Gasteiger partial charge is 0.327 e. The number of hydrogen-bond donors (Lipinski definition) is 0. The average Bonchev–Trinajstić information content (AvgIpc) is 3.11. The lowest BCUT2D eigenvalue weighted by molar-refractivity contribution is -0.186. The van der Waals surface area contributed by atoms with Crippen molar-refractivity contribution in [2.45, 2.75) is 31.6 Å². The molecule has 0 spiro atoms. The SMILES string of the molecule is O=C(N(Cc1c(F)cccc1Cl)C1CC1)C(F)(F)F. The molecule has 0 radical (unpaired) electrons. The Morgan fingerprint density at radius 3 is 2.47 bits per heavy atom. The Morgan fingerprint density at radius 1 is 1.37 bits per heavy atom. The van der Waals surface area contributed by atoms with Gasteiger partial charge >= 0.3 is 12.1 Å². The summed E-state index contributed by atoms with van der Waals surface area (Å²) < 4.78 is 51.0. The van der Waals surface area contributed by atoms with E-state index in [1.165, 1.54) is 12.1 Å². The van der Waals surface area contributed by atoms with Gasteiger partial charge in [0, 0.05) is 16.6 Å². The van der Waals surface area contributed by atoms with Gasteiger partial charge in [-0.1, -0.05) is 17.7 Å². The maximum atomic E-state index is 13.6. The van der Waals surface area contributed by atoms with Crippen LogP contribution < -0.4 is 0 Å². The van der Waals surface area contributed by atoms with Crippen LogP contribution in [-0.2, 0) is 11.3 Å². The van der Waals surface area contributed by atoms with Crippen molar-refractivity contribution in [3.63, 3.8) is 0 Å². The second-order valence-electron chi connectivity index (χ2n) is 4.36. The first-order valence-corrected chi connectivity index (χ1v) is 5.99. The molecule has 2 rings (SSSR count). The summed E-state index contributed by atoms with van der Waals surface area (Å²) in [6.07, 6.45) is -3.97. The van der Waals surface area contributed by atoms with Crippen molar-refractivity contribution in [2.24, 2.45) is 0 Å². The van der Waals surface area contributed by atoms with Crippen molar-refractivity contribution >= 4 is 17.5 Å². The number of benzene rings is 1. The first-order chi connectivity index (χ1) is 8.80. The highest BCUT2D eigenvalue weighted by Gasteiger charge is 2.47. The molecule has 0 aliphatic heterocycles. The summed E-state index contributed by atoms with van der Waals surface area (Å²) in [5.74, 6) is -2.66. The van der Waals surface area contributed by atoms with E-state index in [2.05, 4.69) is 0 Å². The molecule has 0 heterocycles. The fourth-order valence-electron chi connectivity index (χ4n) is 1.77. The summed E-state index contributed by atoms with van der Waals surface area (Å²) in [7, 11) is 0. The highest BCUT2D eigenvalue weighted by molar-refractivity contribution is 6.31. The Hall–Kier alpha value is -1.30. The van der Waals surface area contributed by atoms with E-state index >= 15 is 0 Å². The molecule has 1 aromatic carbocycles. The van der Waals surface area contributed by atoms with Crippen molar-refractivity contribution in [1.82, 2.24) is 4.90 Å². The van der Waals surface area contributed by atoms with Gasteiger partial charge in [0.2, 0.25) is 0 Å². The number of alkyl halides is 3. The Labute approximate surface area is 112 Å². The number of amides is 1. The molecule has 0 aromatic heterocycles. The molecule has 1 aromatic rings. The Balaban J connectivity index is 2.25. The normalized spacial score (nSPS) is 15.4. The molecule has 2 nitrogen and oxygen atoms in total. The van der Waals surface area contributed by atoms with Gasteiger partial charge in [0.15, 0.2) is 0 Å². The number of carbonyl (C=O) groups is 1. The summed E-state index contributed by atoms with van der Waals surface area (Å²) in [5, 5.41) is 0.0145. The molecule has 0 bridgehead atoms. The molecule has 0 atom stereocenters. The van der Waals surface area contributed by atoms with Crippen LogP contribution in [0.25, 0.3) is 0 Å². The highest BCUT2D eigenvalue weighted by atomic mass is 35.5. The first kappa shape index (κ1) is 14.1. The predicted octanol–water partition coefficient (Wildman–Crippen LogP) is 3.53. The van der Waals surface area contributed by atoms with Gasteiger partial charge in [-0.3, -0.25) is 4.79 Å². The molecule has 104 valence electrons. The molecule has 1 saturated carbocycles. The topological polar surface area (TPSA) is 20.3 Å². The molecular formula is C12H10ClF4NO. The Kier molecular flexibility index (Phi) is 3.71. The van der Waals surface area contributed by atoms with Crippen molar-refractivity contribution in [2.75, 3.05) is 0 Å². The van der Waals surface area contributed by atoms with Gasteiger partial charge in [-0.25, -0.2) is 4.39 Å². The molecule has 7 heteroatoms. The fraction of sp³-hybridized carbons (Fsp3) is 0.417. The summed E-state index contributed by atoms with van der Waals surface area (Å²) in [6, 6.07) is 3.35. The number of halogens is 5. The van der Waals surface area contributed by atoms with E-state index in [1.54, 1.807) is 0 Å². The Bertz CT molecular complexity index is 479. The van der Waals surface area contributed by atoms with Crippen LogP contribution in [0.5, 0.6) is 0 Å². The zero-order chi connectivity index (χ0) is 14.2. The standard InChI is InChI=1S/C12H10ClF4NO/c13-9-2-1-3-10(14)8(9)6-18(7-4-5-7)11(19)12(15,16)17/h1-3,7H,4-6H2. The molecule has 0 saturated heterocycles. The minimum atomic E-state index is -4.96. The second kappa shape index (κ2) is 5.00. The van der Waals surface area contributed by atoms with Gasteiger partial charge < -0.3 is 4.90 Å². The minimum Gasteiger partial charge on any atom is -0.327 e. The number of hydrogen-bond acceptors (Lipinski definition) is 1. The van der Waals surface area contributed by atoms with Gasteiger partial charge in [-0.15, -0.1) is 0 Å². The van der Waals surface area contributed by atoms with Gasteiger partial charge in [0.1, 0.15) is 5.82 Å². The van der Waals surface area contributed by atoms with Crippen LogP contribution in [0.15, 0.2) is 18.2 Å². The largest absolute Gasteiger partial charge is 0.471 e. The maximum Gasteiger partial charge on any atom is 0.471 e. The molecule has 1 aliphatic carbocycles. The molecule has 19 heavy (non-hydrogen) atoms. The van der Waals surface area contributed by atoms with E-state index in [4.69, 9.17) is 11.6 Å². The zero-order valence-electron chi connectivity index (χ0n) is 9.68. The van der Waals surface area contributed by atoms with Crippen molar-refractivity contribution in [3.05, 3.63) is 34.6 Å². The molecule has 1 fully saturated rings. The van der Waals surface area contributed by atoms with E-state index in [9.17, 15) is 22.4 Å². The highest BCUT2D eigenvalue weighted by Crippen LogP contribution is 2.33. The predicted molar refractivity (Wildman–Crippen MR) is 61.0 cm³/mol. The van der Waals surface area contributed by atoms with Crippen LogP contribution in [-0.4, -0.2) is 23.0 Å². The first-order valence-electron chi connectivity index (χ1n) is 5.61. The van der Waals surface area contributed by atoms with Crippen LogP contribution in [0.4, 0.5) is 17.6 Å².